The van der Waals surface area contributed by atoms with Gasteiger partial charge < -0.3 is 0 Å². The first-order valence-corrected chi connectivity index (χ1v) is 1.27. The standard InChI is InChI=1S/Mn.2O.Sb.3H. The van der Waals surface area contributed by atoms with Crippen molar-refractivity contribution in [1.29, 1.82) is 0 Å². The summed E-state index contributed by atoms with van der Waals surface area (Å²) < 4.78 is 16.8. The van der Waals surface area contributed by atoms with Gasteiger partial charge >= 0.3 is 46.9 Å². The Morgan fingerprint density at radius 3 is 1.25 bits per heavy atom. The third-order valence-electron chi connectivity index (χ3n) is 0. The molecule has 0 aliphatic heterocycles. The molecular weight excluding hydrogens is 209 g/mol. The molecule has 0 heterocycles. The molecule has 0 aromatic carbocycles. The van der Waals surface area contributed by atoms with Gasteiger partial charge in [0.15, 0.2) is 0 Å². The molecule has 0 spiro atoms. The van der Waals surface area contributed by atoms with Crippen LogP contribution in [0.2, 0.25) is 0 Å². The Kier molecular flexibility index (Phi) is 20.1. The van der Waals surface area contributed by atoms with Crippen molar-refractivity contribution in [3.8, 4) is 0 Å². The summed E-state index contributed by atoms with van der Waals surface area (Å²) >= 11 is -1.44. The first kappa shape index (κ1) is 8.87. The number of hydrogen-bond donors (Lipinski definition) is 0. The molecule has 0 atom stereocenters. The van der Waals surface area contributed by atoms with E-state index in [1.807, 2.05) is 0 Å². The topological polar surface area (TPSA) is 34.1 Å². The summed E-state index contributed by atoms with van der Waals surface area (Å²) in [5, 5.41) is 0. The average Bonchev–Trinajstić information content (AvgIpc) is 0.918. The quantitative estimate of drug-likeness (QED) is 0.461. The summed E-state index contributed by atoms with van der Waals surface area (Å²) in [6, 6.07) is 0. The maximum absolute atomic E-state index is 8.41. The molecule has 2 nitrogen and oxygen atoms in total. The number of rotatable bonds is 0. The SMILES string of the molecule is [O]=[Mn]=[O].[SbH3]. The van der Waals surface area contributed by atoms with Gasteiger partial charge in [0.1, 0.15) is 0 Å². The van der Waals surface area contributed by atoms with Crippen molar-refractivity contribution >= 4 is 24.4 Å². The normalized spacial score (nSPS) is 3.00. The van der Waals surface area contributed by atoms with Gasteiger partial charge in [0, 0.05) is 0 Å². The van der Waals surface area contributed by atoms with E-state index in [9.17, 15) is 0 Å². The van der Waals surface area contributed by atoms with E-state index in [2.05, 4.69) is 0 Å². The van der Waals surface area contributed by atoms with Crippen LogP contribution in [-0.4, -0.2) is 24.4 Å². The molecule has 0 aromatic rings. The molecule has 0 aliphatic carbocycles. The van der Waals surface area contributed by atoms with Crippen LogP contribution in [0.25, 0.3) is 0 Å². The summed E-state index contributed by atoms with van der Waals surface area (Å²) in [5.74, 6) is 0. The van der Waals surface area contributed by atoms with Crippen molar-refractivity contribution < 1.29 is 22.5 Å². The Morgan fingerprint density at radius 1 is 1.25 bits per heavy atom. The van der Waals surface area contributed by atoms with E-state index in [0.29, 0.717) is 0 Å². The van der Waals surface area contributed by atoms with Crippen LogP contribution in [-0.2, 0) is 22.5 Å². The van der Waals surface area contributed by atoms with Crippen molar-refractivity contribution in [2.24, 2.45) is 0 Å². The second-order valence-electron chi connectivity index (χ2n) is 0.0630. The van der Waals surface area contributed by atoms with E-state index in [1.165, 1.54) is 0 Å². The van der Waals surface area contributed by atoms with Gasteiger partial charge in [0.25, 0.3) is 0 Å². The Labute approximate surface area is 47.0 Å². The van der Waals surface area contributed by atoms with Gasteiger partial charge in [-0.05, 0) is 0 Å². The molecule has 0 bridgehead atoms. The van der Waals surface area contributed by atoms with E-state index in [-0.39, 0.29) is 24.4 Å². The molecule has 0 unspecified atom stereocenters. The van der Waals surface area contributed by atoms with Crippen LogP contribution in [0, 0.1) is 0 Å². The fraction of sp³-hybridized carbons (Fsp3) is 0. The van der Waals surface area contributed by atoms with Crippen LogP contribution in [0.1, 0.15) is 0 Å². The van der Waals surface area contributed by atoms with Gasteiger partial charge in [-0.2, -0.15) is 0 Å². The fourth-order valence-electron chi connectivity index (χ4n) is 0. The monoisotopic (exact) mass is 211 g/mol. The zero-order valence-corrected chi connectivity index (χ0v) is 7.12. The van der Waals surface area contributed by atoms with Crippen molar-refractivity contribution in [3.63, 3.8) is 0 Å². The molecule has 0 saturated carbocycles. The van der Waals surface area contributed by atoms with Crippen LogP contribution < -0.4 is 0 Å². The second-order valence-corrected chi connectivity index (χ2v) is 0.260. The Hall–Kier alpha value is 0.938. The molecule has 0 aliphatic rings. The Balaban J connectivity index is 0. The van der Waals surface area contributed by atoms with E-state index < -0.39 is 14.8 Å². The van der Waals surface area contributed by atoms with Gasteiger partial charge in [-0.15, -0.1) is 0 Å². The molecule has 0 fully saturated rings. The predicted octanol–water partition coefficient (Wildman–Crippen LogP) is -1.42. The van der Waals surface area contributed by atoms with Crippen LogP contribution in [0.4, 0.5) is 0 Å². The second kappa shape index (κ2) is 9.05. The van der Waals surface area contributed by atoms with Crippen molar-refractivity contribution in [2.45, 2.75) is 0 Å². The summed E-state index contributed by atoms with van der Waals surface area (Å²) in [6.45, 7) is 0. The van der Waals surface area contributed by atoms with Gasteiger partial charge in [-0.3, -0.25) is 0 Å². The maximum atomic E-state index is 8.41. The minimum atomic E-state index is -1.44. The average molecular weight is 212 g/mol. The third kappa shape index (κ3) is 12.5. The molecule has 27 valence electrons. The van der Waals surface area contributed by atoms with Crippen LogP contribution in [0.15, 0.2) is 0 Å². The van der Waals surface area contributed by atoms with Crippen molar-refractivity contribution in [2.75, 3.05) is 0 Å². The van der Waals surface area contributed by atoms with E-state index in [0.717, 1.165) is 0 Å². The molecule has 0 radical (unpaired) electrons. The van der Waals surface area contributed by atoms with Crippen LogP contribution in [0.5, 0.6) is 0 Å². The minimum absolute atomic E-state index is 0. The molecule has 0 N–H and O–H groups in total. The summed E-state index contributed by atoms with van der Waals surface area (Å²) in [6.07, 6.45) is 0. The zero-order chi connectivity index (χ0) is 2.71. The van der Waals surface area contributed by atoms with E-state index in [4.69, 9.17) is 7.67 Å². The molecule has 0 rings (SSSR count). The molecular formula is H3MnO2Sb. The Morgan fingerprint density at radius 2 is 1.25 bits per heavy atom. The first-order chi connectivity index (χ1) is 1.41. The molecule has 4 heavy (non-hydrogen) atoms. The molecule has 0 saturated heterocycles. The summed E-state index contributed by atoms with van der Waals surface area (Å²) in [7, 11) is 0. The zero-order valence-electron chi connectivity index (χ0n) is 1.90. The van der Waals surface area contributed by atoms with Crippen LogP contribution >= 0.6 is 0 Å². The first-order valence-electron chi connectivity index (χ1n) is 0.309. The fourth-order valence-corrected chi connectivity index (χ4v) is 0. The number of hydrogen-bond acceptors (Lipinski definition) is 2. The van der Waals surface area contributed by atoms with Crippen molar-refractivity contribution in [1.82, 2.24) is 0 Å². The summed E-state index contributed by atoms with van der Waals surface area (Å²) in [5.41, 5.74) is 0. The van der Waals surface area contributed by atoms with Gasteiger partial charge in [0.2, 0.25) is 0 Å². The molecule has 0 amide bonds. The third-order valence-corrected chi connectivity index (χ3v) is 0. The Bertz CT molecular complexity index is 27.0. The van der Waals surface area contributed by atoms with Crippen LogP contribution in [0.3, 0.4) is 0 Å². The molecule has 0 aromatic heterocycles. The van der Waals surface area contributed by atoms with Gasteiger partial charge in [-0.1, -0.05) is 0 Å². The predicted molar refractivity (Wildman–Crippen MR) is 11.3 cm³/mol. The van der Waals surface area contributed by atoms with Crippen molar-refractivity contribution in [3.05, 3.63) is 0 Å². The summed E-state index contributed by atoms with van der Waals surface area (Å²) in [4.78, 5) is 0. The van der Waals surface area contributed by atoms with E-state index in [1.54, 1.807) is 0 Å². The van der Waals surface area contributed by atoms with Gasteiger partial charge in [-0.25, -0.2) is 0 Å². The van der Waals surface area contributed by atoms with E-state index >= 15 is 0 Å². The molecule has 4 heteroatoms. The van der Waals surface area contributed by atoms with Gasteiger partial charge in [0.05, 0.1) is 0 Å².